The second-order valence-electron chi connectivity index (χ2n) is 28.4. The first-order valence-electron chi connectivity index (χ1n) is 32.3. The van der Waals surface area contributed by atoms with Gasteiger partial charge in [0.2, 0.25) is 0 Å². The summed E-state index contributed by atoms with van der Waals surface area (Å²) in [6, 6.07) is 37.1. The van der Waals surface area contributed by atoms with Crippen molar-refractivity contribution in [2.45, 2.75) is 141 Å². The predicted octanol–water partition coefficient (Wildman–Crippen LogP) is 16.2. The van der Waals surface area contributed by atoms with Crippen molar-refractivity contribution in [1.29, 1.82) is 0 Å². The quantitative estimate of drug-likeness (QED) is 0.0226. The third-order valence-electron chi connectivity index (χ3n) is 15.7. The molecule has 2 saturated heterocycles. The van der Waals surface area contributed by atoms with Crippen LogP contribution < -0.4 is 20.0 Å². The number of fused-ring (bicyclic) bond motifs is 2. The summed E-state index contributed by atoms with van der Waals surface area (Å²) in [6.45, 7) is 37.5. The number of anilines is 3. The smallest absolute Gasteiger partial charge is 0.167 e. The normalized spacial score (nSPS) is 14.1. The lowest BCUT2D eigenvalue weighted by atomic mass is 10.1. The second kappa shape index (κ2) is 33.1. The van der Waals surface area contributed by atoms with E-state index in [1.54, 1.807) is 0 Å². The van der Waals surface area contributed by atoms with E-state index in [0.717, 1.165) is 118 Å². The zero-order chi connectivity index (χ0) is 63.4. The molecule has 480 valence electrons. The standard InChI is InChI=1S/C34H50N6O2Si2.C29H40ClN5O2Si2.C5H11N/c1-43(2,3)21-19-41-26-39(27-42-20-22-44(4,5)6)33-23-32(38-17-11-8-12-18-38)37-34-30(25-36-40(33)34)29-15-16-31(35-24-29)28-13-9-7-10-14-28;1-38(2,3)16-14-36-21-34(22-37-15-17-39(4,5)6)28-18-27(30)33-29-25(20-32-35(28)29)24-12-13-26(31-19-24)23-10-8-7-9-11-23;1-2-4-6-5-3-1/h7,9-10,13-16,23-25H,8,11-12,17-22,26-27H2,1-6H3;7-13,18-20H,14-17,21-22H2,1-6H3;6H,1-5H2. The number of halogens is 1. The summed E-state index contributed by atoms with van der Waals surface area (Å²) < 4.78 is 28.7. The van der Waals surface area contributed by atoms with Gasteiger partial charge in [0.05, 0.1) is 23.8 Å². The lowest BCUT2D eigenvalue weighted by Crippen LogP contribution is -2.34. The summed E-state index contributed by atoms with van der Waals surface area (Å²) in [5.74, 6) is 2.71. The maximum Gasteiger partial charge on any atom is 0.167 e. The molecule has 0 atom stereocenters. The number of piperidine rings is 2. The fraction of sp³-hybridized carbons (Fsp3) is 0.500. The summed E-state index contributed by atoms with van der Waals surface area (Å²) in [5.41, 5.74) is 9.30. The molecule has 0 radical (unpaired) electrons. The fourth-order valence-corrected chi connectivity index (χ4v) is 13.2. The van der Waals surface area contributed by atoms with Crippen LogP contribution in [-0.4, -0.2) is 151 Å². The van der Waals surface area contributed by atoms with Crippen LogP contribution in [0, 0.1) is 0 Å². The summed E-state index contributed by atoms with van der Waals surface area (Å²) in [5, 5.41) is 13.3. The minimum atomic E-state index is -1.21. The van der Waals surface area contributed by atoms with Crippen molar-refractivity contribution >= 4 is 72.6 Å². The van der Waals surface area contributed by atoms with Gasteiger partial charge in [-0.2, -0.15) is 19.2 Å². The van der Waals surface area contributed by atoms with Gasteiger partial charge in [-0.15, -0.1) is 0 Å². The molecule has 2 fully saturated rings. The Kier molecular flexibility index (Phi) is 25.7. The molecule has 2 aromatic carbocycles. The highest BCUT2D eigenvalue weighted by atomic mass is 35.5. The summed E-state index contributed by atoms with van der Waals surface area (Å²) in [7, 11) is -4.81. The number of rotatable bonds is 27. The minimum Gasteiger partial charge on any atom is -0.361 e. The van der Waals surface area contributed by atoms with Crippen molar-refractivity contribution in [3.05, 3.63) is 127 Å². The van der Waals surface area contributed by atoms with Crippen molar-refractivity contribution in [1.82, 2.24) is 44.5 Å². The monoisotopic (exact) mass is 1300 g/mol. The molecule has 89 heavy (non-hydrogen) atoms. The van der Waals surface area contributed by atoms with Gasteiger partial charge in [0, 0.05) is 130 Å². The molecule has 0 amide bonds. The molecule has 0 saturated carbocycles. The van der Waals surface area contributed by atoms with Gasteiger partial charge in [-0.1, -0.05) is 169 Å². The zero-order valence-electron chi connectivity index (χ0n) is 55.5. The Hall–Kier alpha value is -5.66. The average Bonchev–Trinajstić information content (AvgIpc) is 2.36. The SMILES string of the molecule is C1CCNCC1.C[Si](C)(C)CCOCN(COCC[Si](C)(C)C)c1cc(Cl)nc2c(-c3ccc(-c4ccccc4)nc3)cnn12.C[Si](C)(C)CCOCN(COCC[Si](C)(C)C)c1cc(N2CCCCC2)nc2c(-c3ccc(-c4ccccc4)nc3)cnn12. The van der Waals surface area contributed by atoms with Crippen molar-refractivity contribution < 1.29 is 18.9 Å². The van der Waals surface area contributed by atoms with E-state index in [0.29, 0.717) is 50.9 Å². The van der Waals surface area contributed by atoms with Gasteiger partial charge in [-0.3, -0.25) is 9.97 Å². The van der Waals surface area contributed by atoms with E-state index in [4.69, 9.17) is 50.7 Å². The van der Waals surface area contributed by atoms with E-state index in [-0.39, 0.29) is 0 Å². The van der Waals surface area contributed by atoms with E-state index in [9.17, 15) is 0 Å². The van der Waals surface area contributed by atoms with E-state index < -0.39 is 32.3 Å². The number of hydrogen-bond acceptors (Lipinski definition) is 14. The highest BCUT2D eigenvalue weighted by Gasteiger charge is 2.25. The summed E-state index contributed by atoms with van der Waals surface area (Å²) >= 11 is 6.57. The maximum absolute atomic E-state index is 6.57. The highest BCUT2D eigenvalue weighted by Crippen LogP contribution is 2.33. The third kappa shape index (κ3) is 22.3. The Morgan fingerprint density at radius 3 is 1.20 bits per heavy atom. The number of pyridine rings is 2. The molecular weight excluding hydrogens is 1200 g/mol. The van der Waals surface area contributed by atoms with E-state index in [2.05, 4.69) is 146 Å². The molecule has 10 rings (SSSR count). The first kappa shape index (κ1) is 69.2. The van der Waals surface area contributed by atoms with Gasteiger partial charge in [0.1, 0.15) is 49.5 Å². The van der Waals surface area contributed by atoms with Crippen LogP contribution in [0.5, 0.6) is 0 Å². The molecule has 2 aliphatic rings. The molecule has 8 aromatic rings. The first-order valence-corrected chi connectivity index (χ1v) is 47.5. The van der Waals surface area contributed by atoms with Crippen molar-refractivity contribution in [2.75, 3.05) is 94.2 Å². The molecule has 1 N–H and O–H groups in total. The lowest BCUT2D eigenvalue weighted by molar-refractivity contribution is 0.0941. The maximum atomic E-state index is 6.57. The Bertz CT molecular complexity index is 3320. The number of aromatic nitrogens is 8. The van der Waals surface area contributed by atoms with Crippen LogP contribution >= 0.6 is 11.6 Å². The fourth-order valence-electron chi connectivity index (χ4n) is 10.0. The molecule has 0 aliphatic carbocycles. The van der Waals surface area contributed by atoms with Gasteiger partial charge in [0.15, 0.2) is 11.3 Å². The Labute approximate surface area is 540 Å². The largest absolute Gasteiger partial charge is 0.361 e. The third-order valence-corrected chi connectivity index (χ3v) is 22.7. The summed E-state index contributed by atoms with van der Waals surface area (Å²) in [4.78, 5) is 26.0. The molecular formula is C68H101ClN12O4Si4. The molecule has 8 heterocycles. The average molecular weight is 1300 g/mol. The van der Waals surface area contributed by atoms with Crippen LogP contribution in [0.4, 0.5) is 17.5 Å². The van der Waals surface area contributed by atoms with Crippen LogP contribution in [0.1, 0.15) is 38.5 Å². The van der Waals surface area contributed by atoms with Gasteiger partial charge >= 0.3 is 0 Å². The van der Waals surface area contributed by atoms with Crippen LogP contribution in [-0.2, 0) is 18.9 Å². The molecule has 2 aliphatic heterocycles. The number of nitrogens with zero attached hydrogens (tertiary/aromatic N) is 11. The van der Waals surface area contributed by atoms with E-state index >= 15 is 0 Å². The second-order valence-corrected chi connectivity index (χ2v) is 51.3. The lowest BCUT2D eigenvalue weighted by Gasteiger charge is -2.30. The van der Waals surface area contributed by atoms with Crippen LogP contribution in [0.15, 0.2) is 122 Å². The number of ether oxygens (including phenoxy) is 4. The van der Waals surface area contributed by atoms with Crippen LogP contribution in [0.3, 0.4) is 0 Å². The predicted molar refractivity (Wildman–Crippen MR) is 382 cm³/mol. The molecule has 0 bridgehead atoms. The van der Waals surface area contributed by atoms with Crippen molar-refractivity contribution in [3.63, 3.8) is 0 Å². The Morgan fingerprint density at radius 2 is 0.843 bits per heavy atom. The molecule has 0 unspecified atom stereocenters. The Morgan fingerprint density at radius 1 is 0.449 bits per heavy atom. The van der Waals surface area contributed by atoms with Crippen molar-refractivity contribution in [3.8, 4) is 44.8 Å². The van der Waals surface area contributed by atoms with Gasteiger partial charge in [-0.25, -0.2) is 9.97 Å². The van der Waals surface area contributed by atoms with Crippen LogP contribution in [0.2, 0.25) is 108 Å². The van der Waals surface area contributed by atoms with Crippen LogP contribution in [0.25, 0.3) is 56.1 Å². The summed E-state index contributed by atoms with van der Waals surface area (Å²) in [6.07, 6.45) is 15.4. The number of hydrogen-bond donors (Lipinski definition) is 1. The van der Waals surface area contributed by atoms with E-state index in [1.807, 2.05) is 93.3 Å². The van der Waals surface area contributed by atoms with Gasteiger partial charge in [-0.05, 0) is 81.5 Å². The van der Waals surface area contributed by atoms with Crippen molar-refractivity contribution in [2.24, 2.45) is 0 Å². The number of benzene rings is 2. The Balaban J connectivity index is 0.000000211. The highest BCUT2D eigenvalue weighted by molar-refractivity contribution is 6.77. The molecule has 21 heteroatoms. The first-order chi connectivity index (χ1) is 42.6. The molecule has 16 nitrogen and oxygen atoms in total. The molecule has 6 aromatic heterocycles. The zero-order valence-corrected chi connectivity index (χ0v) is 60.3. The van der Waals surface area contributed by atoms with Gasteiger partial charge in [0.25, 0.3) is 0 Å². The van der Waals surface area contributed by atoms with E-state index in [1.165, 1.54) is 51.6 Å². The van der Waals surface area contributed by atoms with Gasteiger partial charge < -0.3 is 39.0 Å². The topological polar surface area (TPSA) is 145 Å². The number of nitrogens with one attached hydrogen (secondary N) is 1. The minimum absolute atomic E-state index is 0.384. The molecule has 0 spiro atoms.